The van der Waals surface area contributed by atoms with E-state index in [2.05, 4.69) is 25.3 Å². The normalized spacial score (nSPS) is 14.0. The predicted molar refractivity (Wildman–Crippen MR) is 118 cm³/mol. The Kier molecular flexibility index (Phi) is 5.01. The zero-order valence-corrected chi connectivity index (χ0v) is 16.6. The number of anilines is 4. The van der Waals surface area contributed by atoms with Gasteiger partial charge in [-0.1, -0.05) is 18.2 Å². The van der Waals surface area contributed by atoms with Gasteiger partial charge in [-0.15, -0.1) is 0 Å². The number of fused-ring (bicyclic) bond motifs is 1. The third-order valence-electron chi connectivity index (χ3n) is 5.02. The number of halogens is 1. The van der Waals surface area contributed by atoms with Crippen LogP contribution in [0.5, 0.6) is 0 Å². The molecule has 31 heavy (non-hydrogen) atoms. The number of rotatable bonds is 4. The summed E-state index contributed by atoms with van der Waals surface area (Å²) in [5, 5.41) is 4.28. The highest BCUT2D eigenvalue weighted by Gasteiger charge is 2.18. The second kappa shape index (κ2) is 8.11. The Balaban J connectivity index is 1.56. The van der Waals surface area contributed by atoms with Crippen LogP contribution in [0.3, 0.4) is 0 Å². The molecule has 1 aromatic carbocycles. The number of nitrogens with two attached hydrogens (primary N) is 1. The lowest BCUT2D eigenvalue weighted by Crippen LogP contribution is -2.37. The average molecular weight is 417 g/mol. The van der Waals surface area contributed by atoms with Crippen LogP contribution in [0.4, 0.5) is 27.7 Å². The molecule has 0 aliphatic carbocycles. The van der Waals surface area contributed by atoms with Crippen LogP contribution in [0, 0.1) is 5.95 Å². The van der Waals surface area contributed by atoms with Crippen molar-refractivity contribution in [2.45, 2.75) is 0 Å². The summed E-state index contributed by atoms with van der Waals surface area (Å²) in [6.45, 7) is 2.48. The van der Waals surface area contributed by atoms with Gasteiger partial charge in [-0.3, -0.25) is 4.98 Å². The zero-order chi connectivity index (χ0) is 21.2. The Labute approximate surface area is 177 Å². The first-order valence-corrected chi connectivity index (χ1v) is 9.92. The summed E-state index contributed by atoms with van der Waals surface area (Å²) in [7, 11) is 0. The number of para-hydroxylation sites is 1. The van der Waals surface area contributed by atoms with Crippen molar-refractivity contribution >= 4 is 34.2 Å². The third-order valence-corrected chi connectivity index (χ3v) is 5.02. The number of nitrogens with zero attached hydrogens (tertiary/aromatic N) is 5. The summed E-state index contributed by atoms with van der Waals surface area (Å²) < 4.78 is 20.0. The van der Waals surface area contributed by atoms with Gasteiger partial charge in [-0.25, -0.2) is 9.97 Å². The fraction of sp³-hybridized carbons (Fsp3) is 0.182. The van der Waals surface area contributed by atoms with E-state index in [1.165, 1.54) is 0 Å². The lowest BCUT2D eigenvalue weighted by molar-refractivity contribution is 0.122. The molecule has 0 bridgehead atoms. The molecule has 0 saturated carbocycles. The molecule has 4 aromatic rings. The minimum Gasteiger partial charge on any atom is -0.384 e. The van der Waals surface area contributed by atoms with Gasteiger partial charge in [0.05, 0.1) is 41.9 Å². The monoisotopic (exact) mass is 417 g/mol. The first kappa shape index (κ1) is 19.1. The standard InChI is InChI=1S/C22H20FN7O/c23-21-16(5-6-19(24)28-21)18-12-20(29-22(27-18)30-7-9-31-10-8-30)26-15-11-14-3-1-2-4-17(14)25-13-15/h1-6,11-13H,7-10H2,(H2,24,28)(H,26,27,29). The first-order chi connectivity index (χ1) is 15.2. The van der Waals surface area contributed by atoms with Gasteiger partial charge in [-0.05, 0) is 24.3 Å². The molecule has 1 saturated heterocycles. The van der Waals surface area contributed by atoms with E-state index in [0.29, 0.717) is 43.8 Å². The summed E-state index contributed by atoms with van der Waals surface area (Å²) in [5.41, 5.74) is 7.95. The summed E-state index contributed by atoms with van der Waals surface area (Å²) in [5.74, 6) is 0.460. The highest BCUT2D eigenvalue weighted by Crippen LogP contribution is 2.27. The Hall–Kier alpha value is -3.85. The van der Waals surface area contributed by atoms with Crippen LogP contribution in [-0.2, 0) is 4.74 Å². The van der Waals surface area contributed by atoms with E-state index in [-0.39, 0.29) is 11.4 Å². The summed E-state index contributed by atoms with van der Waals surface area (Å²) in [6, 6.07) is 14.7. The summed E-state index contributed by atoms with van der Waals surface area (Å²) in [4.78, 5) is 19.5. The number of hydrogen-bond donors (Lipinski definition) is 2. The number of nitrogens with one attached hydrogen (secondary N) is 1. The maximum atomic E-state index is 14.5. The number of pyridine rings is 2. The molecule has 156 valence electrons. The fourth-order valence-electron chi connectivity index (χ4n) is 3.47. The van der Waals surface area contributed by atoms with E-state index in [4.69, 9.17) is 10.5 Å². The maximum absolute atomic E-state index is 14.5. The summed E-state index contributed by atoms with van der Waals surface area (Å²) >= 11 is 0. The van der Waals surface area contributed by atoms with Crippen molar-refractivity contribution in [2.75, 3.05) is 42.3 Å². The molecule has 5 rings (SSSR count). The Bertz CT molecular complexity index is 1240. The molecule has 9 heteroatoms. The van der Waals surface area contributed by atoms with Gasteiger partial charge in [0.1, 0.15) is 11.6 Å². The second-order valence-corrected chi connectivity index (χ2v) is 7.15. The van der Waals surface area contributed by atoms with E-state index >= 15 is 0 Å². The SMILES string of the molecule is Nc1ccc(-c2cc(Nc3cnc4ccccc4c3)nc(N3CCOCC3)n2)c(F)n1. The van der Waals surface area contributed by atoms with E-state index in [1.54, 1.807) is 24.4 Å². The number of hydrogen-bond acceptors (Lipinski definition) is 8. The molecule has 0 unspecified atom stereocenters. The zero-order valence-electron chi connectivity index (χ0n) is 16.6. The van der Waals surface area contributed by atoms with Crippen LogP contribution in [-0.4, -0.2) is 46.2 Å². The Morgan fingerprint density at radius 3 is 2.68 bits per heavy atom. The number of ether oxygens (including phenoxy) is 1. The molecule has 4 heterocycles. The highest BCUT2D eigenvalue weighted by molar-refractivity contribution is 5.82. The first-order valence-electron chi connectivity index (χ1n) is 9.92. The lowest BCUT2D eigenvalue weighted by atomic mass is 10.2. The van der Waals surface area contributed by atoms with E-state index in [0.717, 1.165) is 16.6 Å². The number of nitrogen functional groups attached to an aromatic ring is 1. The van der Waals surface area contributed by atoms with Gasteiger partial charge in [0.25, 0.3) is 0 Å². The molecule has 3 aromatic heterocycles. The quantitative estimate of drug-likeness (QED) is 0.487. The van der Waals surface area contributed by atoms with Crippen molar-refractivity contribution in [3.63, 3.8) is 0 Å². The molecule has 8 nitrogen and oxygen atoms in total. The van der Waals surface area contributed by atoms with Gasteiger partial charge in [0.2, 0.25) is 11.9 Å². The van der Waals surface area contributed by atoms with Crippen molar-refractivity contribution in [3.8, 4) is 11.3 Å². The van der Waals surface area contributed by atoms with Gasteiger partial charge in [0, 0.05) is 24.5 Å². The summed E-state index contributed by atoms with van der Waals surface area (Å²) in [6.07, 6.45) is 1.74. The maximum Gasteiger partial charge on any atom is 0.228 e. The molecule has 0 spiro atoms. The molecule has 0 amide bonds. The van der Waals surface area contributed by atoms with Gasteiger partial charge in [0.15, 0.2) is 0 Å². The van der Waals surface area contributed by atoms with Crippen LogP contribution in [0.15, 0.2) is 54.7 Å². The topological polar surface area (TPSA) is 102 Å². The van der Waals surface area contributed by atoms with E-state index in [1.807, 2.05) is 35.2 Å². The van der Waals surface area contributed by atoms with Crippen molar-refractivity contribution in [1.29, 1.82) is 0 Å². The molecule has 1 fully saturated rings. The Morgan fingerprint density at radius 2 is 1.84 bits per heavy atom. The molecular weight excluding hydrogens is 397 g/mol. The molecule has 3 N–H and O–H groups in total. The minimum absolute atomic E-state index is 0.115. The second-order valence-electron chi connectivity index (χ2n) is 7.15. The molecular formula is C22H20FN7O. The van der Waals surface area contributed by atoms with Crippen molar-refractivity contribution in [1.82, 2.24) is 19.9 Å². The molecule has 1 aliphatic heterocycles. The van der Waals surface area contributed by atoms with Crippen LogP contribution >= 0.6 is 0 Å². The van der Waals surface area contributed by atoms with Crippen LogP contribution < -0.4 is 16.0 Å². The van der Waals surface area contributed by atoms with Gasteiger partial charge in [-0.2, -0.15) is 9.37 Å². The molecule has 0 radical (unpaired) electrons. The third kappa shape index (κ3) is 4.08. The van der Waals surface area contributed by atoms with Crippen LogP contribution in [0.2, 0.25) is 0 Å². The smallest absolute Gasteiger partial charge is 0.228 e. The Morgan fingerprint density at radius 1 is 1.00 bits per heavy atom. The average Bonchev–Trinajstić information content (AvgIpc) is 2.79. The van der Waals surface area contributed by atoms with Gasteiger partial charge >= 0.3 is 0 Å². The largest absolute Gasteiger partial charge is 0.384 e. The molecule has 1 aliphatic rings. The minimum atomic E-state index is -0.676. The van der Waals surface area contributed by atoms with Crippen molar-refractivity contribution in [3.05, 3.63) is 60.7 Å². The number of morpholine rings is 1. The fourth-order valence-corrected chi connectivity index (χ4v) is 3.47. The van der Waals surface area contributed by atoms with Crippen LogP contribution in [0.25, 0.3) is 22.2 Å². The predicted octanol–water partition coefficient (Wildman–Crippen LogP) is 3.39. The van der Waals surface area contributed by atoms with Gasteiger partial charge < -0.3 is 20.7 Å². The van der Waals surface area contributed by atoms with E-state index < -0.39 is 5.95 Å². The highest BCUT2D eigenvalue weighted by atomic mass is 19.1. The number of aromatic nitrogens is 4. The van der Waals surface area contributed by atoms with Crippen molar-refractivity contribution in [2.24, 2.45) is 0 Å². The molecule has 0 atom stereocenters. The number of benzene rings is 1. The lowest BCUT2D eigenvalue weighted by Gasteiger charge is -2.27. The van der Waals surface area contributed by atoms with Crippen LogP contribution in [0.1, 0.15) is 0 Å². The van der Waals surface area contributed by atoms with Crippen molar-refractivity contribution < 1.29 is 9.13 Å². The van der Waals surface area contributed by atoms with E-state index in [9.17, 15) is 4.39 Å².